The van der Waals surface area contributed by atoms with E-state index in [1.165, 1.54) is 0 Å². The van der Waals surface area contributed by atoms with Crippen LogP contribution in [0.4, 0.5) is 21.8 Å². The fraction of sp³-hybridized carbons (Fsp3) is 0. The van der Waals surface area contributed by atoms with Crippen molar-refractivity contribution in [3.63, 3.8) is 0 Å². The van der Waals surface area contributed by atoms with E-state index in [0.717, 1.165) is 6.20 Å². The van der Waals surface area contributed by atoms with Gasteiger partial charge in [-0.15, -0.1) is 0 Å². The molecule has 1 heterocycles. The Labute approximate surface area is 96.3 Å². The minimum atomic E-state index is -0.566. The van der Waals surface area contributed by atoms with Gasteiger partial charge in [-0.3, -0.25) is 0 Å². The molecule has 0 aliphatic heterocycles. The number of aromatic nitrogens is 2. The van der Waals surface area contributed by atoms with Gasteiger partial charge in [0.15, 0.2) is 11.6 Å². The molecular weight excluding hydrogens is 231 g/mol. The van der Waals surface area contributed by atoms with Gasteiger partial charge in [0.05, 0.1) is 6.20 Å². The predicted molar refractivity (Wildman–Crippen MR) is 61.1 cm³/mol. The van der Waals surface area contributed by atoms with Crippen molar-refractivity contribution < 1.29 is 4.39 Å². The number of hydrogen-bond donors (Lipinski definition) is 2. The van der Waals surface area contributed by atoms with Gasteiger partial charge in [-0.1, -0.05) is 11.6 Å². The van der Waals surface area contributed by atoms with Crippen LogP contribution in [-0.4, -0.2) is 9.97 Å². The van der Waals surface area contributed by atoms with Gasteiger partial charge in [-0.25, -0.2) is 9.37 Å². The zero-order chi connectivity index (χ0) is 11.5. The third-order valence-corrected chi connectivity index (χ3v) is 2.12. The largest absolute Gasteiger partial charge is 0.368 e. The second-order valence-electron chi connectivity index (χ2n) is 3.06. The van der Waals surface area contributed by atoms with Crippen LogP contribution in [0.1, 0.15) is 0 Å². The fourth-order valence-electron chi connectivity index (χ4n) is 1.14. The summed E-state index contributed by atoms with van der Waals surface area (Å²) in [6.07, 6.45) is 1.01. The number of hydrogen-bond acceptors (Lipinski definition) is 4. The molecule has 2 rings (SSSR count). The Morgan fingerprint density at radius 1 is 1.25 bits per heavy atom. The van der Waals surface area contributed by atoms with Crippen molar-refractivity contribution in [3.05, 3.63) is 41.3 Å². The molecule has 0 unspecified atom stereocenters. The maximum atomic E-state index is 13.3. The van der Waals surface area contributed by atoms with Crippen LogP contribution in [0.25, 0.3) is 0 Å². The van der Waals surface area contributed by atoms with Gasteiger partial charge in [-0.05, 0) is 24.3 Å². The van der Waals surface area contributed by atoms with Crippen molar-refractivity contribution in [3.8, 4) is 0 Å². The first-order chi connectivity index (χ1) is 7.65. The molecule has 0 aliphatic carbocycles. The molecule has 3 N–H and O–H groups in total. The summed E-state index contributed by atoms with van der Waals surface area (Å²) in [4.78, 5) is 7.26. The van der Waals surface area contributed by atoms with E-state index in [9.17, 15) is 4.39 Å². The first kappa shape index (κ1) is 10.6. The van der Waals surface area contributed by atoms with Gasteiger partial charge in [0.2, 0.25) is 5.95 Å². The lowest BCUT2D eigenvalue weighted by molar-refractivity contribution is 0.620. The molecule has 0 aliphatic rings. The van der Waals surface area contributed by atoms with Crippen molar-refractivity contribution in [2.45, 2.75) is 0 Å². The Hall–Kier alpha value is -1.88. The van der Waals surface area contributed by atoms with E-state index < -0.39 is 5.82 Å². The lowest BCUT2D eigenvalue weighted by Crippen LogP contribution is -2.02. The molecule has 0 saturated carbocycles. The fourth-order valence-corrected chi connectivity index (χ4v) is 1.26. The SMILES string of the molecule is Nc1ncc(F)c(Nc2ccc(Cl)cc2)n1. The van der Waals surface area contributed by atoms with E-state index in [0.29, 0.717) is 10.7 Å². The van der Waals surface area contributed by atoms with Crippen LogP contribution < -0.4 is 11.1 Å². The molecule has 6 heteroatoms. The number of rotatable bonds is 2. The highest BCUT2D eigenvalue weighted by Crippen LogP contribution is 2.19. The van der Waals surface area contributed by atoms with E-state index >= 15 is 0 Å². The summed E-state index contributed by atoms with van der Waals surface area (Å²) in [5, 5.41) is 3.38. The van der Waals surface area contributed by atoms with E-state index in [1.54, 1.807) is 24.3 Å². The highest BCUT2D eigenvalue weighted by molar-refractivity contribution is 6.30. The molecule has 16 heavy (non-hydrogen) atoms. The number of nitrogen functional groups attached to an aromatic ring is 1. The molecule has 0 amide bonds. The minimum Gasteiger partial charge on any atom is -0.368 e. The summed E-state index contributed by atoms with van der Waals surface area (Å²) in [6.45, 7) is 0. The molecule has 1 aromatic heterocycles. The number of nitrogens with two attached hydrogens (primary N) is 1. The lowest BCUT2D eigenvalue weighted by atomic mass is 10.3. The standard InChI is InChI=1S/C10H8ClFN4/c11-6-1-3-7(4-2-6)15-9-8(12)5-14-10(13)16-9/h1-5H,(H3,13,14,15,16). The number of benzene rings is 1. The Morgan fingerprint density at radius 3 is 2.62 bits per heavy atom. The Morgan fingerprint density at radius 2 is 1.94 bits per heavy atom. The molecule has 0 radical (unpaired) electrons. The Kier molecular flexibility index (Phi) is 2.87. The van der Waals surface area contributed by atoms with Crippen LogP contribution >= 0.6 is 11.6 Å². The van der Waals surface area contributed by atoms with Crippen molar-refractivity contribution in [1.82, 2.24) is 9.97 Å². The molecule has 0 saturated heterocycles. The smallest absolute Gasteiger partial charge is 0.222 e. The molecular formula is C10H8ClFN4. The molecule has 2 aromatic rings. The maximum absolute atomic E-state index is 13.3. The summed E-state index contributed by atoms with van der Waals surface area (Å²) in [5.41, 5.74) is 6.02. The van der Waals surface area contributed by atoms with Gasteiger partial charge < -0.3 is 11.1 Å². The molecule has 4 nitrogen and oxygen atoms in total. The third-order valence-electron chi connectivity index (χ3n) is 1.87. The van der Waals surface area contributed by atoms with E-state index in [-0.39, 0.29) is 11.8 Å². The molecule has 0 atom stereocenters. The van der Waals surface area contributed by atoms with Crippen LogP contribution in [0, 0.1) is 5.82 Å². The number of anilines is 3. The average molecular weight is 239 g/mol. The second-order valence-corrected chi connectivity index (χ2v) is 3.49. The van der Waals surface area contributed by atoms with Crippen molar-refractivity contribution in [2.24, 2.45) is 0 Å². The quantitative estimate of drug-likeness (QED) is 0.844. The van der Waals surface area contributed by atoms with Crippen molar-refractivity contribution in [1.29, 1.82) is 0 Å². The number of halogens is 2. The zero-order valence-corrected chi connectivity index (χ0v) is 8.87. The highest BCUT2D eigenvalue weighted by atomic mass is 35.5. The summed E-state index contributed by atoms with van der Waals surface area (Å²) >= 11 is 5.72. The number of nitrogens with one attached hydrogen (secondary N) is 1. The van der Waals surface area contributed by atoms with Crippen LogP contribution in [0.15, 0.2) is 30.5 Å². The monoisotopic (exact) mass is 238 g/mol. The van der Waals surface area contributed by atoms with Crippen LogP contribution in [-0.2, 0) is 0 Å². The molecule has 0 fully saturated rings. The third kappa shape index (κ3) is 2.38. The van der Waals surface area contributed by atoms with Gasteiger partial charge in [0, 0.05) is 10.7 Å². The first-order valence-electron chi connectivity index (χ1n) is 4.46. The Balaban J connectivity index is 2.26. The highest BCUT2D eigenvalue weighted by Gasteiger charge is 2.05. The first-order valence-corrected chi connectivity index (χ1v) is 4.83. The van der Waals surface area contributed by atoms with Crippen molar-refractivity contribution >= 4 is 29.1 Å². The molecule has 82 valence electrons. The van der Waals surface area contributed by atoms with Crippen LogP contribution in [0.5, 0.6) is 0 Å². The van der Waals surface area contributed by atoms with E-state index in [1.807, 2.05) is 0 Å². The zero-order valence-electron chi connectivity index (χ0n) is 8.11. The van der Waals surface area contributed by atoms with Gasteiger partial charge in [0.1, 0.15) is 0 Å². The summed E-state index contributed by atoms with van der Waals surface area (Å²) in [5.74, 6) is -0.517. The summed E-state index contributed by atoms with van der Waals surface area (Å²) in [6, 6.07) is 6.79. The molecule has 0 bridgehead atoms. The second kappa shape index (κ2) is 4.32. The van der Waals surface area contributed by atoms with E-state index in [2.05, 4.69) is 15.3 Å². The van der Waals surface area contributed by atoms with Gasteiger partial charge in [-0.2, -0.15) is 4.98 Å². The Bertz CT molecular complexity index is 501. The van der Waals surface area contributed by atoms with Gasteiger partial charge >= 0.3 is 0 Å². The normalized spacial score (nSPS) is 10.1. The van der Waals surface area contributed by atoms with Crippen LogP contribution in [0.2, 0.25) is 5.02 Å². The minimum absolute atomic E-state index is 0.0119. The molecule has 0 spiro atoms. The predicted octanol–water partition coefficient (Wildman–Crippen LogP) is 2.59. The average Bonchev–Trinajstić information content (AvgIpc) is 2.27. The lowest BCUT2D eigenvalue weighted by Gasteiger charge is -2.06. The molecule has 1 aromatic carbocycles. The van der Waals surface area contributed by atoms with Crippen molar-refractivity contribution in [2.75, 3.05) is 11.1 Å². The number of nitrogens with zero attached hydrogens (tertiary/aromatic N) is 2. The van der Waals surface area contributed by atoms with Crippen LogP contribution in [0.3, 0.4) is 0 Å². The topological polar surface area (TPSA) is 63.8 Å². The van der Waals surface area contributed by atoms with E-state index in [4.69, 9.17) is 17.3 Å². The van der Waals surface area contributed by atoms with Gasteiger partial charge in [0.25, 0.3) is 0 Å². The summed E-state index contributed by atoms with van der Waals surface area (Å²) in [7, 11) is 0. The summed E-state index contributed by atoms with van der Waals surface area (Å²) < 4.78 is 13.3. The maximum Gasteiger partial charge on any atom is 0.222 e.